The Kier molecular flexibility index (Phi) is 7.52. The number of carbonyl (C=O) groups excluding carboxylic acids is 1. The van der Waals surface area contributed by atoms with E-state index >= 15 is 0 Å². The maximum atomic E-state index is 11.9. The Morgan fingerprint density at radius 1 is 0.889 bits per heavy atom. The average molecular weight is 289 g/mol. The van der Waals surface area contributed by atoms with E-state index in [0.717, 1.165) is 43.1 Å². The van der Waals surface area contributed by atoms with Crippen molar-refractivity contribution in [3.8, 4) is 0 Å². The van der Waals surface area contributed by atoms with E-state index in [1.54, 1.807) is 0 Å². The molecule has 2 aliphatic carbocycles. The van der Waals surface area contributed by atoms with Crippen LogP contribution in [-0.2, 0) is 25.8 Å². The van der Waals surface area contributed by atoms with Crippen LogP contribution < -0.4 is 0 Å². The van der Waals surface area contributed by atoms with Crippen LogP contribution in [0.5, 0.6) is 0 Å². The van der Waals surface area contributed by atoms with Gasteiger partial charge >= 0.3 is 21.0 Å². The Labute approximate surface area is 118 Å². The van der Waals surface area contributed by atoms with Crippen molar-refractivity contribution in [3.63, 3.8) is 0 Å². The molecule has 2 rings (SSSR count). The topological polar surface area (TPSA) is 54.4 Å². The molecule has 0 atom stereocenters. The van der Waals surface area contributed by atoms with Gasteiger partial charge in [-0.15, -0.1) is 0 Å². The molecule has 0 aromatic carbocycles. The molecule has 3 nitrogen and oxygen atoms in total. The summed E-state index contributed by atoms with van der Waals surface area (Å²) in [6.45, 7) is 0. The second kappa shape index (κ2) is 8.65. The van der Waals surface area contributed by atoms with Gasteiger partial charge in [0, 0.05) is 17.9 Å². The minimum absolute atomic E-state index is 0.170. The van der Waals surface area contributed by atoms with Crippen molar-refractivity contribution in [1.82, 2.24) is 0 Å². The van der Waals surface area contributed by atoms with E-state index in [-0.39, 0.29) is 17.6 Å². The standard InChI is InChI=1S/C14H22O2.O.V/c15-13(11-6-2-1-3-7-11)10-14(16)12-8-4-5-9-12;;/h10-12,16H,1-9H2;;/b14-10-;;. The van der Waals surface area contributed by atoms with Crippen LogP contribution >= 0.6 is 0 Å². The van der Waals surface area contributed by atoms with Crippen molar-refractivity contribution < 1.29 is 30.9 Å². The number of hydrogen-bond donors (Lipinski definition) is 1. The molecule has 0 spiro atoms. The van der Waals surface area contributed by atoms with E-state index in [9.17, 15) is 9.90 Å². The number of aliphatic hydroxyl groups excluding tert-OH is 1. The Morgan fingerprint density at radius 2 is 1.33 bits per heavy atom. The average Bonchev–Trinajstić information content (AvgIpc) is 2.96. The number of hydrogen-bond acceptors (Lipinski definition) is 3. The van der Waals surface area contributed by atoms with Crippen molar-refractivity contribution in [2.24, 2.45) is 11.8 Å². The fourth-order valence-electron chi connectivity index (χ4n) is 2.99. The van der Waals surface area contributed by atoms with Crippen LogP contribution in [0.15, 0.2) is 11.8 Å². The van der Waals surface area contributed by atoms with E-state index < -0.39 is 0 Å². The van der Waals surface area contributed by atoms with Crippen LogP contribution in [0.1, 0.15) is 57.8 Å². The molecular weight excluding hydrogens is 267 g/mol. The second-order valence-electron chi connectivity index (χ2n) is 5.29. The molecule has 2 fully saturated rings. The molecular formula is C14H22O3V. The number of allylic oxidation sites excluding steroid dienone is 2. The first-order chi connectivity index (χ1) is 8.77. The first-order valence-corrected chi connectivity index (χ1v) is 7.47. The van der Waals surface area contributed by atoms with Gasteiger partial charge in [0.25, 0.3) is 0 Å². The Morgan fingerprint density at radius 3 is 1.89 bits per heavy atom. The normalized spacial score (nSPS) is 22.3. The fraction of sp³-hybridized carbons (Fsp3) is 0.786. The Hall–Kier alpha value is -0.406. The number of carbonyl (C=O) groups is 1. The first-order valence-electron chi connectivity index (χ1n) is 6.90. The number of rotatable bonds is 3. The molecule has 4 heteroatoms. The predicted molar refractivity (Wildman–Crippen MR) is 64.9 cm³/mol. The second-order valence-corrected chi connectivity index (χ2v) is 5.29. The summed E-state index contributed by atoms with van der Waals surface area (Å²) >= 11 is 1.06. The zero-order chi connectivity index (χ0) is 13.4. The maximum absolute atomic E-state index is 11.9. The van der Waals surface area contributed by atoms with Crippen molar-refractivity contribution in [3.05, 3.63) is 11.8 Å². The molecule has 2 saturated carbocycles. The molecule has 0 bridgehead atoms. The third kappa shape index (κ3) is 4.70. The van der Waals surface area contributed by atoms with Crippen LogP contribution in [0.25, 0.3) is 0 Å². The molecule has 0 unspecified atom stereocenters. The molecule has 101 valence electrons. The number of aliphatic hydroxyl groups is 1. The van der Waals surface area contributed by atoms with Crippen LogP contribution in [0.3, 0.4) is 0 Å². The molecule has 0 aliphatic heterocycles. The zero-order valence-corrected chi connectivity index (χ0v) is 12.2. The molecule has 0 heterocycles. The van der Waals surface area contributed by atoms with Gasteiger partial charge in [-0.2, -0.15) is 0 Å². The van der Waals surface area contributed by atoms with Gasteiger partial charge in [0.15, 0.2) is 5.78 Å². The van der Waals surface area contributed by atoms with Gasteiger partial charge in [0.2, 0.25) is 0 Å². The summed E-state index contributed by atoms with van der Waals surface area (Å²) in [6.07, 6.45) is 11.7. The van der Waals surface area contributed by atoms with E-state index in [0.29, 0.717) is 5.76 Å². The third-order valence-corrected chi connectivity index (χ3v) is 4.07. The van der Waals surface area contributed by atoms with Gasteiger partial charge in [-0.05, 0) is 25.7 Å². The van der Waals surface area contributed by atoms with Crippen molar-refractivity contribution in [2.45, 2.75) is 57.8 Å². The predicted octanol–water partition coefficient (Wildman–Crippen LogP) is 3.65. The zero-order valence-electron chi connectivity index (χ0n) is 10.8. The van der Waals surface area contributed by atoms with Gasteiger partial charge in [-0.1, -0.05) is 32.1 Å². The third-order valence-electron chi connectivity index (χ3n) is 4.07. The Bertz CT molecular complexity index is 289. The van der Waals surface area contributed by atoms with Crippen LogP contribution in [0.4, 0.5) is 0 Å². The molecule has 18 heavy (non-hydrogen) atoms. The summed E-state index contributed by atoms with van der Waals surface area (Å²) in [7, 11) is 0. The molecule has 2 aliphatic rings. The monoisotopic (exact) mass is 289 g/mol. The molecule has 0 amide bonds. The summed E-state index contributed by atoms with van der Waals surface area (Å²) in [5.41, 5.74) is 0. The van der Waals surface area contributed by atoms with Crippen molar-refractivity contribution in [2.75, 3.05) is 0 Å². The van der Waals surface area contributed by atoms with E-state index in [1.165, 1.54) is 38.2 Å². The molecule has 0 saturated heterocycles. The summed E-state index contributed by atoms with van der Waals surface area (Å²) < 4.78 is 8.19. The van der Waals surface area contributed by atoms with Gasteiger partial charge in [-0.3, -0.25) is 4.79 Å². The van der Waals surface area contributed by atoms with Gasteiger partial charge in [0.1, 0.15) is 0 Å². The van der Waals surface area contributed by atoms with E-state index in [1.807, 2.05) is 0 Å². The van der Waals surface area contributed by atoms with Crippen LogP contribution in [0.2, 0.25) is 0 Å². The SMILES string of the molecule is O=C(/C=C(\O)C1CCCC1)C1CCCCC1.[O]=[V]. The molecule has 0 aromatic heterocycles. The summed E-state index contributed by atoms with van der Waals surface area (Å²) in [5, 5.41) is 9.89. The van der Waals surface area contributed by atoms with Crippen molar-refractivity contribution >= 4 is 5.78 Å². The number of ketones is 1. The molecule has 1 N–H and O–H groups in total. The van der Waals surface area contributed by atoms with Crippen molar-refractivity contribution in [1.29, 1.82) is 0 Å². The van der Waals surface area contributed by atoms with Crippen LogP contribution in [0, 0.1) is 11.8 Å². The van der Waals surface area contributed by atoms with Gasteiger partial charge in [0.05, 0.1) is 5.76 Å². The quantitative estimate of drug-likeness (QED) is 0.637. The van der Waals surface area contributed by atoms with E-state index in [2.05, 4.69) is 0 Å². The minimum atomic E-state index is 0.170. The summed E-state index contributed by atoms with van der Waals surface area (Å²) in [6, 6.07) is 0. The first kappa shape index (κ1) is 15.7. The van der Waals surface area contributed by atoms with Gasteiger partial charge in [-0.25, -0.2) is 0 Å². The molecule has 0 radical (unpaired) electrons. The summed E-state index contributed by atoms with van der Waals surface area (Å²) in [4.78, 5) is 11.9. The fourth-order valence-corrected chi connectivity index (χ4v) is 2.99. The van der Waals surface area contributed by atoms with Crippen LogP contribution in [-0.4, -0.2) is 10.9 Å². The summed E-state index contributed by atoms with van der Waals surface area (Å²) in [5.74, 6) is 0.988. The van der Waals surface area contributed by atoms with Gasteiger partial charge < -0.3 is 5.11 Å². The van der Waals surface area contributed by atoms with E-state index in [4.69, 9.17) is 3.67 Å². The molecule has 0 aromatic rings. The Balaban J connectivity index is 0.000000771.